The third-order valence-corrected chi connectivity index (χ3v) is 4.76. The van der Waals surface area contributed by atoms with Gasteiger partial charge in [0.2, 0.25) is 0 Å². The first kappa shape index (κ1) is 15.1. The van der Waals surface area contributed by atoms with Gasteiger partial charge in [-0.25, -0.2) is 4.98 Å². The third kappa shape index (κ3) is 3.87. The minimum atomic E-state index is 0.482. The van der Waals surface area contributed by atoms with Crippen LogP contribution in [0.5, 0.6) is 0 Å². The number of nitrogens with zero attached hydrogens (tertiary/aromatic N) is 3. The zero-order chi connectivity index (χ0) is 14.8. The summed E-state index contributed by atoms with van der Waals surface area (Å²) in [6.07, 6.45) is 5.58. The third-order valence-electron chi connectivity index (χ3n) is 4.42. The Morgan fingerprint density at radius 2 is 2.19 bits per heavy atom. The Labute approximate surface area is 132 Å². The van der Waals surface area contributed by atoms with E-state index in [0.29, 0.717) is 12.1 Å². The van der Waals surface area contributed by atoms with Crippen LogP contribution in [0.2, 0.25) is 5.02 Å². The van der Waals surface area contributed by atoms with Gasteiger partial charge in [-0.3, -0.25) is 0 Å². The summed E-state index contributed by atoms with van der Waals surface area (Å²) in [6.45, 7) is 6.43. The summed E-state index contributed by atoms with van der Waals surface area (Å²) in [5.41, 5.74) is 1.17. The summed E-state index contributed by atoms with van der Waals surface area (Å²) in [6, 6.07) is 3.35. The maximum absolute atomic E-state index is 6.30. The second-order valence-electron chi connectivity index (χ2n) is 6.45. The molecule has 0 aromatic carbocycles. The molecule has 21 heavy (non-hydrogen) atoms. The number of aromatic nitrogens is 1. The molecule has 0 bridgehead atoms. The molecule has 1 aliphatic heterocycles. The minimum absolute atomic E-state index is 0.482. The quantitative estimate of drug-likeness (QED) is 0.926. The maximum atomic E-state index is 6.30. The van der Waals surface area contributed by atoms with Crippen molar-refractivity contribution in [2.75, 3.05) is 31.6 Å². The highest BCUT2D eigenvalue weighted by atomic mass is 35.5. The van der Waals surface area contributed by atoms with Crippen LogP contribution in [-0.4, -0.2) is 48.6 Å². The summed E-state index contributed by atoms with van der Waals surface area (Å²) >= 11 is 6.30. The van der Waals surface area contributed by atoms with Gasteiger partial charge in [0.1, 0.15) is 5.82 Å². The second-order valence-corrected chi connectivity index (χ2v) is 6.85. The largest absolute Gasteiger partial charge is 0.353 e. The number of hydrogen-bond donors (Lipinski definition) is 1. The van der Waals surface area contributed by atoms with E-state index in [1.807, 2.05) is 6.20 Å². The van der Waals surface area contributed by atoms with E-state index in [-0.39, 0.29) is 0 Å². The Bertz CT molecular complexity index is 489. The van der Waals surface area contributed by atoms with Crippen LogP contribution in [0.15, 0.2) is 12.3 Å². The maximum Gasteiger partial charge on any atom is 0.129 e. The number of rotatable bonds is 4. The van der Waals surface area contributed by atoms with Crippen molar-refractivity contribution in [2.45, 2.75) is 44.8 Å². The van der Waals surface area contributed by atoms with E-state index in [1.54, 1.807) is 0 Å². The fraction of sp³-hybridized carbons (Fsp3) is 0.688. The van der Waals surface area contributed by atoms with E-state index in [9.17, 15) is 0 Å². The van der Waals surface area contributed by atoms with Crippen molar-refractivity contribution in [1.29, 1.82) is 0 Å². The lowest BCUT2D eigenvalue weighted by atomic mass is 10.2. The zero-order valence-electron chi connectivity index (χ0n) is 13.0. The lowest BCUT2D eigenvalue weighted by Crippen LogP contribution is -2.38. The molecular formula is C16H25ClN4. The molecule has 1 saturated heterocycles. The molecule has 5 heteroatoms. The molecule has 1 aromatic heterocycles. The Balaban J connectivity index is 1.75. The molecule has 116 valence electrons. The average molecular weight is 309 g/mol. The van der Waals surface area contributed by atoms with Crippen LogP contribution in [0.1, 0.15) is 31.7 Å². The van der Waals surface area contributed by atoms with Crippen molar-refractivity contribution in [3.05, 3.63) is 22.8 Å². The van der Waals surface area contributed by atoms with Gasteiger partial charge in [0, 0.05) is 37.9 Å². The number of pyridine rings is 1. The summed E-state index contributed by atoms with van der Waals surface area (Å²) < 4.78 is 0. The molecule has 1 N–H and O–H groups in total. The lowest BCUT2D eigenvalue weighted by Gasteiger charge is -2.29. The van der Waals surface area contributed by atoms with E-state index in [4.69, 9.17) is 11.6 Å². The highest BCUT2D eigenvalue weighted by Gasteiger charge is 2.23. The van der Waals surface area contributed by atoms with E-state index in [1.165, 1.54) is 24.8 Å². The van der Waals surface area contributed by atoms with Gasteiger partial charge in [0.05, 0.1) is 5.02 Å². The number of nitrogens with one attached hydrogen (secondary N) is 1. The first-order chi connectivity index (χ1) is 10.1. The Kier molecular flexibility index (Phi) is 4.67. The van der Waals surface area contributed by atoms with Crippen LogP contribution in [0.3, 0.4) is 0 Å². The van der Waals surface area contributed by atoms with Gasteiger partial charge in [-0.1, -0.05) is 11.6 Å². The molecule has 0 spiro atoms. The van der Waals surface area contributed by atoms with E-state index in [0.717, 1.165) is 37.0 Å². The predicted molar refractivity (Wildman–Crippen MR) is 88.0 cm³/mol. The molecule has 4 nitrogen and oxygen atoms in total. The molecule has 1 unspecified atom stereocenters. The summed E-state index contributed by atoms with van der Waals surface area (Å²) in [4.78, 5) is 9.39. The van der Waals surface area contributed by atoms with Gasteiger partial charge in [0.25, 0.3) is 0 Å². The van der Waals surface area contributed by atoms with Crippen LogP contribution in [0.4, 0.5) is 5.82 Å². The van der Waals surface area contributed by atoms with Gasteiger partial charge >= 0.3 is 0 Å². The van der Waals surface area contributed by atoms with Gasteiger partial charge in [-0.15, -0.1) is 0 Å². The van der Waals surface area contributed by atoms with Crippen molar-refractivity contribution in [2.24, 2.45) is 0 Å². The van der Waals surface area contributed by atoms with Crippen molar-refractivity contribution < 1.29 is 0 Å². The topological polar surface area (TPSA) is 31.4 Å². The Morgan fingerprint density at radius 1 is 1.38 bits per heavy atom. The summed E-state index contributed by atoms with van der Waals surface area (Å²) in [7, 11) is 2.19. The fourth-order valence-corrected chi connectivity index (χ4v) is 3.18. The van der Waals surface area contributed by atoms with Crippen LogP contribution in [0, 0.1) is 0 Å². The molecule has 1 atom stereocenters. The van der Waals surface area contributed by atoms with Crippen LogP contribution < -0.4 is 10.2 Å². The predicted octanol–water partition coefficient (Wildman–Crippen LogP) is 2.52. The normalized spacial score (nSPS) is 24.1. The zero-order valence-corrected chi connectivity index (χ0v) is 13.7. The molecule has 2 fully saturated rings. The van der Waals surface area contributed by atoms with Gasteiger partial charge < -0.3 is 15.1 Å². The number of halogens is 1. The second kappa shape index (κ2) is 6.51. The first-order valence-corrected chi connectivity index (χ1v) is 8.34. The van der Waals surface area contributed by atoms with E-state index in [2.05, 4.69) is 40.1 Å². The van der Waals surface area contributed by atoms with Crippen molar-refractivity contribution in [3.8, 4) is 0 Å². The molecule has 1 aromatic rings. The molecule has 1 aliphatic carbocycles. The van der Waals surface area contributed by atoms with Crippen molar-refractivity contribution >= 4 is 17.4 Å². The number of likely N-dealkylation sites (N-methyl/N-ethyl adjacent to an activating group) is 1. The van der Waals surface area contributed by atoms with Crippen LogP contribution in [-0.2, 0) is 6.54 Å². The molecule has 1 saturated carbocycles. The SMILES string of the molecule is CC1CN(C)CCCN1c1cc(CNC2CC2)c(Cl)cn1. The monoisotopic (exact) mass is 308 g/mol. The molecule has 3 rings (SSSR count). The number of anilines is 1. The van der Waals surface area contributed by atoms with E-state index < -0.39 is 0 Å². The Hall–Kier alpha value is -0.840. The first-order valence-electron chi connectivity index (χ1n) is 7.96. The van der Waals surface area contributed by atoms with E-state index >= 15 is 0 Å². The Morgan fingerprint density at radius 3 is 2.95 bits per heavy atom. The molecule has 2 heterocycles. The fourth-order valence-electron chi connectivity index (χ4n) is 3.01. The highest BCUT2D eigenvalue weighted by Crippen LogP contribution is 2.25. The molecular weight excluding hydrogens is 284 g/mol. The number of hydrogen-bond acceptors (Lipinski definition) is 4. The van der Waals surface area contributed by atoms with Crippen molar-refractivity contribution in [1.82, 2.24) is 15.2 Å². The smallest absolute Gasteiger partial charge is 0.129 e. The molecule has 2 aliphatic rings. The summed E-state index contributed by atoms with van der Waals surface area (Å²) in [5.74, 6) is 1.06. The summed E-state index contributed by atoms with van der Waals surface area (Å²) in [5, 5.41) is 4.31. The van der Waals surface area contributed by atoms with Gasteiger partial charge in [-0.2, -0.15) is 0 Å². The minimum Gasteiger partial charge on any atom is -0.353 e. The van der Waals surface area contributed by atoms with Crippen LogP contribution >= 0.6 is 11.6 Å². The van der Waals surface area contributed by atoms with Gasteiger partial charge in [0.15, 0.2) is 0 Å². The van der Waals surface area contributed by atoms with Crippen LogP contribution in [0.25, 0.3) is 0 Å². The lowest BCUT2D eigenvalue weighted by molar-refractivity contribution is 0.337. The highest BCUT2D eigenvalue weighted by molar-refractivity contribution is 6.31. The van der Waals surface area contributed by atoms with Gasteiger partial charge in [-0.05, 0) is 51.4 Å². The standard InChI is InChI=1S/C16H25ClN4/c1-12-11-20(2)6-3-7-21(12)16-8-13(15(17)10-19-16)9-18-14-4-5-14/h8,10,12,14,18H,3-7,9,11H2,1-2H3. The average Bonchev–Trinajstić information content (AvgIpc) is 3.27. The molecule has 0 amide bonds. The molecule has 0 radical (unpaired) electrons. The van der Waals surface area contributed by atoms with Crippen molar-refractivity contribution in [3.63, 3.8) is 0 Å².